The van der Waals surface area contributed by atoms with Gasteiger partial charge in [-0.1, -0.05) is 0 Å². The summed E-state index contributed by atoms with van der Waals surface area (Å²) in [6.07, 6.45) is 5.34. The first kappa shape index (κ1) is 15.7. The van der Waals surface area contributed by atoms with Gasteiger partial charge in [-0.05, 0) is 52.5 Å². The molecule has 2 aliphatic rings. The van der Waals surface area contributed by atoms with Crippen LogP contribution < -0.4 is 11.1 Å². The van der Waals surface area contributed by atoms with E-state index in [1.807, 2.05) is 6.92 Å². The van der Waals surface area contributed by atoms with Crippen molar-refractivity contribution in [1.29, 1.82) is 0 Å². The molecule has 2 fully saturated rings. The Morgan fingerprint density at radius 1 is 1.55 bits per heavy atom. The summed E-state index contributed by atoms with van der Waals surface area (Å²) >= 11 is 0. The first-order valence-electron chi connectivity index (χ1n) is 7.72. The molecule has 0 radical (unpaired) electrons. The van der Waals surface area contributed by atoms with Gasteiger partial charge in [-0.3, -0.25) is 4.79 Å². The van der Waals surface area contributed by atoms with E-state index in [9.17, 15) is 4.79 Å². The molecule has 1 saturated heterocycles. The summed E-state index contributed by atoms with van der Waals surface area (Å²) in [6.45, 7) is 7.00. The van der Waals surface area contributed by atoms with Crippen LogP contribution in [0.3, 0.4) is 0 Å². The Balaban J connectivity index is 1.87. The lowest BCUT2D eigenvalue weighted by molar-refractivity contribution is -0.124. The molecule has 1 aliphatic carbocycles. The number of amides is 1. The lowest BCUT2D eigenvalue weighted by atomic mass is 9.92. The second-order valence-corrected chi connectivity index (χ2v) is 6.90. The van der Waals surface area contributed by atoms with Gasteiger partial charge in [0.1, 0.15) is 0 Å². The SMILES string of the molecule is COC1(C)CCCN(CCC(C)(NC2CC2)C(N)=O)C1. The molecule has 5 nitrogen and oxygen atoms in total. The summed E-state index contributed by atoms with van der Waals surface area (Å²) in [5, 5.41) is 3.41. The zero-order chi connectivity index (χ0) is 14.8. The van der Waals surface area contributed by atoms with Gasteiger partial charge in [0.05, 0.1) is 11.1 Å². The number of primary amides is 1. The van der Waals surface area contributed by atoms with Crippen molar-refractivity contribution in [2.45, 2.75) is 63.1 Å². The van der Waals surface area contributed by atoms with Gasteiger partial charge in [0.15, 0.2) is 0 Å². The van der Waals surface area contributed by atoms with Crippen LogP contribution in [0.1, 0.15) is 46.0 Å². The van der Waals surface area contributed by atoms with E-state index in [1.54, 1.807) is 7.11 Å². The fourth-order valence-corrected chi connectivity index (χ4v) is 2.99. The quantitative estimate of drug-likeness (QED) is 0.727. The number of likely N-dealkylation sites (tertiary alicyclic amines) is 1. The number of piperidine rings is 1. The molecule has 0 aromatic heterocycles. The molecule has 20 heavy (non-hydrogen) atoms. The second-order valence-electron chi connectivity index (χ2n) is 6.90. The molecular weight excluding hydrogens is 254 g/mol. The number of nitrogens with two attached hydrogens (primary N) is 1. The normalized spacial score (nSPS) is 30.9. The molecular formula is C15H29N3O2. The fraction of sp³-hybridized carbons (Fsp3) is 0.933. The highest BCUT2D eigenvalue weighted by atomic mass is 16.5. The average molecular weight is 283 g/mol. The number of methoxy groups -OCH3 is 1. The molecule has 0 aromatic carbocycles. The number of carbonyl (C=O) groups is 1. The molecule has 1 heterocycles. The molecule has 1 amide bonds. The van der Waals surface area contributed by atoms with Gasteiger partial charge in [-0.2, -0.15) is 0 Å². The molecule has 3 N–H and O–H groups in total. The van der Waals surface area contributed by atoms with Gasteiger partial charge in [0.2, 0.25) is 5.91 Å². The molecule has 0 aromatic rings. The van der Waals surface area contributed by atoms with Gasteiger partial charge in [-0.15, -0.1) is 0 Å². The van der Waals surface area contributed by atoms with E-state index in [0.717, 1.165) is 51.7 Å². The van der Waals surface area contributed by atoms with Gasteiger partial charge < -0.3 is 20.7 Å². The maximum Gasteiger partial charge on any atom is 0.237 e. The average Bonchev–Trinajstić information content (AvgIpc) is 3.20. The van der Waals surface area contributed by atoms with Gasteiger partial charge >= 0.3 is 0 Å². The monoisotopic (exact) mass is 283 g/mol. The lowest BCUT2D eigenvalue weighted by Crippen LogP contribution is -2.56. The number of nitrogens with one attached hydrogen (secondary N) is 1. The Labute approximate surface area is 122 Å². The Morgan fingerprint density at radius 2 is 2.25 bits per heavy atom. The van der Waals surface area contributed by atoms with Crippen molar-refractivity contribution in [3.8, 4) is 0 Å². The summed E-state index contributed by atoms with van der Waals surface area (Å²) in [5.74, 6) is -0.240. The number of hydrogen-bond acceptors (Lipinski definition) is 4. The predicted molar refractivity (Wildman–Crippen MR) is 79.5 cm³/mol. The van der Waals surface area contributed by atoms with E-state index < -0.39 is 5.54 Å². The molecule has 2 unspecified atom stereocenters. The van der Waals surface area contributed by atoms with Crippen LogP contribution in [0.15, 0.2) is 0 Å². The first-order chi connectivity index (χ1) is 9.37. The van der Waals surface area contributed by atoms with E-state index in [2.05, 4.69) is 17.1 Å². The van der Waals surface area contributed by atoms with Crippen molar-refractivity contribution >= 4 is 5.91 Å². The number of rotatable bonds is 7. The third kappa shape index (κ3) is 3.93. The Morgan fingerprint density at radius 3 is 2.80 bits per heavy atom. The molecule has 5 heteroatoms. The van der Waals surface area contributed by atoms with Crippen LogP contribution in [0.5, 0.6) is 0 Å². The minimum Gasteiger partial charge on any atom is -0.377 e. The van der Waals surface area contributed by atoms with Crippen LogP contribution in [0.4, 0.5) is 0 Å². The van der Waals surface area contributed by atoms with Gasteiger partial charge in [0.25, 0.3) is 0 Å². The smallest absolute Gasteiger partial charge is 0.237 e. The van der Waals surface area contributed by atoms with Crippen molar-refractivity contribution in [1.82, 2.24) is 10.2 Å². The zero-order valence-corrected chi connectivity index (χ0v) is 13.1. The number of ether oxygens (including phenoxy) is 1. The third-order valence-corrected chi connectivity index (χ3v) is 4.80. The molecule has 1 saturated carbocycles. The summed E-state index contributed by atoms with van der Waals surface area (Å²) < 4.78 is 5.61. The molecule has 0 spiro atoms. The second kappa shape index (κ2) is 6.00. The van der Waals surface area contributed by atoms with Crippen LogP contribution in [-0.4, -0.2) is 54.7 Å². The van der Waals surface area contributed by atoms with Crippen molar-refractivity contribution in [2.24, 2.45) is 5.73 Å². The van der Waals surface area contributed by atoms with Crippen LogP contribution in [-0.2, 0) is 9.53 Å². The van der Waals surface area contributed by atoms with Crippen LogP contribution in [0.2, 0.25) is 0 Å². The molecule has 116 valence electrons. The maximum absolute atomic E-state index is 11.8. The molecule has 2 rings (SSSR count). The first-order valence-corrected chi connectivity index (χ1v) is 7.72. The van der Waals surface area contributed by atoms with Crippen LogP contribution in [0.25, 0.3) is 0 Å². The van der Waals surface area contributed by atoms with E-state index in [0.29, 0.717) is 6.04 Å². The third-order valence-electron chi connectivity index (χ3n) is 4.80. The van der Waals surface area contributed by atoms with Gasteiger partial charge in [0, 0.05) is 26.2 Å². The van der Waals surface area contributed by atoms with Crippen molar-refractivity contribution < 1.29 is 9.53 Å². The topological polar surface area (TPSA) is 67.6 Å². The maximum atomic E-state index is 11.8. The van der Waals surface area contributed by atoms with Crippen molar-refractivity contribution in [2.75, 3.05) is 26.7 Å². The Bertz CT molecular complexity index is 359. The standard InChI is InChI=1S/C15H29N3O2/c1-14(20-3)7-4-9-18(11-14)10-8-15(2,13(16)19)17-12-5-6-12/h12,17H,4-11H2,1-3H3,(H2,16,19). The fourth-order valence-electron chi connectivity index (χ4n) is 2.99. The van der Waals surface area contributed by atoms with E-state index in [1.165, 1.54) is 0 Å². The number of nitrogens with zero attached hydrogens (tertiary/aromatic N) is 1. The minimum atomic E-state index is -0.581. The summed E-state index contributed by atoms with van der Waals surface area (Å²) in [6, 6.07) is 0.484. The number of carbonyl (C=O) groups excluding carboxylic acids is 1. The van der Waals surface area contributed by atoms with Crippen LogP contribution >= 0.6 is 0 Å². The predicted octanol–water partition coefficient (Wildman–Crippen LogP) is 0.873. The van der Waals surface area contributed by atoms with E-state index in [4.69, 9.17) is 10.5 Å². The largest absolute Gasteiger partial charge is 0.377 e. The number of hydrogen-bond donors (Lipinski definition) is 2. The molecule has 2 atom stereocenters. The van der Waals surface area contributed by atoms with Crippen LogP contribution in [0, 0.1) is 0 Å². The van der Waals surface area contributed by atoms with Crippen molar-refractivity contribution in [3.63, 3.8) is 0 Å². The minimum absolute atomic E-state index is 0.0503. The van der Waals surface area contributed by atoms with E-state index in [-0.39, 0.29) is 11.5 Å². The van der Waals surface area contributed by atoms with Gasteiger partial charge in [-0.25, -0.2) is 0 Å². The highest BCUT2D eigenvalue weighted by molar-refractivity contribution is 5.84. The Hall–Kier alpha value is -0.650. The van der Waals surface area contributed by atoms with Crippen molar-refractivity contribution in [3.05, 3.63) is 0 Å². The lowest BCUT2D eigenvalue weighted by Gasteiger charge is -2.40. The summed E-state index contributed by atoms with van der Waals surface area (Å²) in [5.41, 5.74) is 4.97. The molecule has 1 aliphatic heterocycles. The highest BCUT2D eigenvalue weighted by Gasteiger charge is 2.38. The summed E-state index contributed by atoms with van der Waals surface area (Å²) in [4.78, 5) is 14.1. The zero-order valence-electron chi connectivity index (χ0n) is 13.1. The summed E-state index contributed by atoms with van der Waals surface area (Å²) in [7, 11) is 1.78. The van der Waals surface area contributed by atoms with E-state index >= 15 is 0 Å². The molecule has 0 bridgehead atoms. The highest BCUT2D eigenvalue weighted by Crippen LogP contribution is 2.26. The Kier molecular flexibility index (Phi) is 4.72.